The number of carbonyl (C=O) groups is 1. The number of amides is 1. The number of fused-ring (bicyclic) bond motifs is 1. The van der Waals surface area contributed by atoms with E-state index >= 15 is 0 Å². The van der Waals surface area contributed by atoms with Crippen molar-refractivity contribution >= 4 is 11.6 Å². The molecule has 7 nitrogen and oxygen atoms in total. The average molecular weight is 351 g/mol. The molecule has 1 aliphatic rings. The van der Waals surface area contributed by atoms with E-state index in [4.69, 9.17) is 4.74 Å². The Kier molecular flexibility index (Phi) is 4.62. The number of rotatable bonds is 4. The van der Waals surface area contributed by atoms with Crippen LogP contribution in [-0.4, -0.2) is 56.0 Å². The van der Waals surface area contributed by atoms with Crippen molar-refractivity contribution in [2.24, 2.45) is 0 Å². The Morgan fingerprint density at radius 1 is 1.35 bits per heavy atom. The Morgan fingerprint density at radius 2 is 2.27 bits per heavy atom. The molecular formula is C19H21N5O2. The van der Waals surface area contributed by atoms with Crippen LogP contribution in [0.5, 0.6) is 0 Å². The predicted molar refractivity (Wildman–Crippen MR) is 95.9 cm³/mol. The summed E-state index contributed by atoms with van der Waals surface area (Å²) in [4.78, 5) is 27.4. The van der Waals surface area contributed by atoms with Crippen LogP contribution in [-0.2, 0) is 11.2 Å². The summed E-state index contributed by atoms with van der Waals surface area (Å²) in [5, 5.41) is 0. The number of aryl methyl sites for hydroxylation is 2. The van der Waals surface area contributed by atoms with Gasteiger partial charge in [-0.05, 0) is 38.0 Å². The summed E-state index contributed by atoms with van der Waals surface area (Å²) in [7, 11) is 0. The van der Waals surface area contributed by atoms with Crippen molar-refractivity contribution < 1.29 is 9.53 Å². The summed E-state index contributed by atoms with van der Waals surface area (Å²) in [6, 6.07) is 7.77. The second-order valence-corrected chi connectivity index (χ2v) is 6.50. The maximum atomic E-state index is 12.9. The molecule has 0 saturated carbocycles. The summed E-state index contributed by atoms with van der Waals surface area (Å²) in [5.41, 5.74) is 3.32. The molecule has 0 N–H and O–H groups in total. The van der Waals surface area contributed by atoms with E-state index in [-0.39, 0.29) is 12.0 Å². The Labute approximate surface area is 151 Å². The van der Waals surface area contributed by atoms with Crippen molar-refractivity contribution in [2.45, 2.75) is 25.9 Å². The van der Waals surface area contributed by atoms with Gasteiger partial charge < -0.3 is 14.0 Å². The number of ether oxygens (including phenoxy) is 1. The summed E-state index contributed by atoms with van der Waals surface area (Å²) in [5.74, 6) is -0.0385. The molecule has 4 rings (SSSR count). The number of nitrogens with zero attached hydrogens (tertiary/aromatic N) is 5. The SMILES string of the molecule is Cc1cccc2nc(C(=O)N3CCO[C@@H](CCc4ccncn4)C3)cn12. The molecule has 1 aliphatic heterocycles. The zero-order chi connectivity index (χ0) is 17.9. The third-order valence-electron chi connectivity index (χ3n) is 4.71. The summed E-state index contributed by atoms with van der Waals surface area (Å²) < 4.78 is 7.78. The van der Waals surface area contributed by atoms with Gasteiger partial charge in [0.15, 0.2) is 0 Å². The lowest BCUT2D eigenvalue weighted by Crippen LogP contribution is -2.45. The number of imidazole rings is 1. The van der Waals surface area contributed by atoms with Crippen LogP contribution in [0.25, 0.3) is 5.65 Å². The lowest BCUT2D eigenvalue weighted by Gasteiger charge is -2.32. The molecule has 3 aromatic rings. The summed E-state index contributed by atoms with van der Waals surface area (Å²) in [6.45, 7) is 3.72. The largest absolute Gasteiger partial charge is 0.375 e. The number of aromatic nitrogens is 4. The van der Waals surface area contributed by atoms with E-state index in [0.717, 1.165) is 29.9 Å². The monoisotopic (exact) mass is 351 g/mol. The van der Waals surface area contributed by atoms with Gasteiger partial charge in [-0.25, -0.2) is 15.0 Å². The van der Waals surface area contributed by atoms with Crippen LogP contribution in [0.4, 0.5) is 0 Å². The van der Waals surface area contributed by atoms with Crippen LogP contribution < -0.4 is 0 Å². The van der Waals surface area contributed by atoms with Crippen LogP contribution >= 0.6 is 0 Å². The van der Waals surface area contributed by atoms with Gasteiger partial charge in [0, 0.05) is 36.9 Å². The first kappa shape index (κ1) is 16.7. The van der Waals surface area contributed by atoms with Crippen molar-refractivity contribution in [1.29, 1.82) is 0 Å². The van der Waals surface area contributed by atoms with Crippen molar-refractivity contribution in [3.8, 4) is 0 Å². The zero-order valence-corrected chi connectivity index (χ0v) is 14.7. The van der Waals surface area contributed by atoms with Crippen molar-refractivity contribution in [1.82, 2.24) is 24.3 Å². The molecule has 134 valence electrons. The molecule has 1 amide bonds. The number of pyridine rings is 1. The molecule has 1 saturated heterocycles. The molecule has 0 bridgehead atoms. The highest BCUT2D eigenvalue weighted by Crippen LogP contribution is 2.15. The van der Waals surface area contributed by atoms with Crippen LogP contribution in [0.2, 0.25) is 0 Å². The molecule has 0 radical (unpaired) electrons. The quantitative estimate of drug-likeness (QED) is 0.718. The van der Waals surface area contributed by atoms with Crippen LogP contribution in [0.3, 0.4) is 0 Å². The number of hydrogen-bond donors (Lipinski definition) is 0. The van der Waals surface area contributed by atoms with Crippen LogP contribution in [0.15, 0.2) is 43.0 Å². The molecule has 7 heteroatoms. The minimum Gasteiger partial charge on any atom is -0.375 e. The van der Waals surface area contributed by atoms with Gasteiger partial charge in [0.2, 0.25) is 0 Å². The average Bonchev–Trinajstić information content (AvgIpc) is 3.13. The van der Waals surface area contributed by atoms with Gasteiger partial charge in [-0.3, -0.25) is 4.79 Å². The number of carbonyl (C=O) groups excluding carboxylic acids is 1. The predicted octanol–water partition coefficient (Wildman–Crippen LogP) is 1.91. The van der Waals surface area contributed by atoms with E-state index in [2.05, 4.69) is 15.0 Å². The fourth-order valence-electron chi connectivity index (χ4n) is 3.27. The first-order chi connectivity index (χ1) is 12.7. The van der Waals surface area contributed by atoms with E-state index in [1.54, 1.807) is 12.5 Å². The Balaban J connectivity index is 1.43. The first-order valence-corrected chi connectivity index (χ1v) is 8.81. The third kappa shape index (κ3) is 3.43. The molecule has 1 fully saturated rings. The highest BCUT2D eigenvalue weighted by Gasteiger charge is 2.26. The second kappa shape index (κ2) is 7.21. The fraction of sp³-hybridized carbons (Fsp3) is 0.368. The van der Waals surface area contributed by atoms with Crippen molar-refractivity contribution in [3.05, 3.63) is 60.1 Å². The Bertz CT molecular complexity index is 909. The molecule has 0 aromatic carbocycles. The number of morpholine rings is 1. The van der Waals surface area contributed by atoms with E-state index in [1.165, 1.54) is 0 Å². The maximum absolute atomic E-state index is 12.9. The maximum Gasteiger partial charge on any atom is 0.274 e. The van der Waals surface area contributed by atoms with Crippen LogP contribution in [0.1, 0.15) is 28.3 Å². The minimum absolute atomic E-state index is 0.0152. The third-order valence-corrected chi connectivity index (χ3v) is 4.71. The lowest BCUT2D eigenvalue weighted by molar-refractivity contribution is -0.0248. The first-order valence-electron chi connectivity index (χ1n) is 8.81. The Morgan fingerprint density at radius 3 is 3.08 bits per heavy atom. The van der Waals surface area contributed by atoms with Gasteiger partial charge in [-0.2, -0.15) is 0 Å². The molecule has 0 unspecified atom stereocenters. The smallest absolute Gasteiger partial charge is 0.274 e. The van der Waals surface area contributed by atoms with E-state index in [1.807, 2.05) is 46.7 Å². The van der Waals surface area contributed by atoms with Gasteiger partial charge in [0.25, 0.3) is 5.91 Å². The lowest BCUT2D eigenvalue weighted by atomic mass is 10.1. The van der Waals surface area contributed by atoms with E-state index in [0.29, 0.717) is 25.4 Å². The highest BCUT2D eigenvalue weighted by atomic mass is 16.5. The Hall–Kier alpha value is -2.80. The molecule has 4 heterocycles. The van der Waals surface area contributed by atoms with Gasteiger partial charge in [-0.1, -0.05) is 6.07 Å². The fourth-order valence-corrected chi connectivity index (χ4v) is 3.27. The zero-order valence-electron chi connectivity index (χ0n) is 14.7. The van der Waals surface area contributed by atoms with Crippen LogP contribution in [0, 0.1) is 6.92 Å². The van der Waals surface area contributed by atoms with Gasteiger partial charge >= 0.3 is 0 Å². The van der Waals surface area contributed by atoms with Gasteiger partial charge in [0.1, 0.15) is 17.7 Å². The normalized spacial score (nSPS) is 17.6. The molecule has 0 spiro atoms. The topological polar surface area (TPSA) is 72.6 Å². The summed E-state index contributed by atoms with van der Waals surface area (Å²) >= 11 is 0. The number of hydrogen-bond acceptors (Lipinski definition) is 5. The van der Waals surface area contributed by atoms with Gasteiger partial charge in [-0.15, -0.1) is 0 Å². The van der Waals surface area contributed by atoms with E-state index in [9.17, 15) is 4.79 Å². The molecule has 1 atom stereocenters. The van der Waals surface area contributed by atoms with Crippen molar-refractivity contribution in [2.75, 3.05) is 19.7 Å². The minimum atomic E-state index is -0.0385. The van der Waals surface area contributed by atoms with Gasteiger partial charge in [0.05, 0.1) is 12.7 Å². The van der Waals surface area contributed by atoms with Crippen molar-refractivity contribution in [3.63, 3.8) is 0 Å². The molecular weight excluding hydrogens is 330 g/mol. The van der Waals surface area contributed by atoms with E-state index < -0.39 is 0 Å². The molecule has 3 aromatic heterocycles. The highest BCUT2D eigenvalue weighted by molar-refractivity contribution is 5.93. The molecule has 0 aliphatic carbocycles. The summed E-state index contributed by atoms with van der Waals surface area (Å²) in [6.07, 6.45) is 6.76. The molecule has 26 heavy (non-hydrogen) atoms. The standard InChI is InChI=1S/C19H21N5O2/c1-14-3-2-4-18-22-17(12-24(14)18)19(25)23-9-10-26-16(11-23)6-5-15-7-8-20-13-21-15/h2-4,7-8,12-13,16H,5-6,9-11H2,1H3/t16-/m0/s1. The second-order valence-electron chi connectivity index (χ2n) is 6.50.